The second-order valence-electron chi connectivity index (χ2n) is 2.97. The van der Waals surface area contributed by atoms with E-state index >= 15 is 0 Å². The van der Waals surface area contributed by atoms with Crippen molar-refractivity contribution in [2.24, 2.45) is 0 Å². The van der Waals surface area contributed by atoms with Gasteiger partial charge in [0.15, 0.2) is 6.10 Å². The van der Waals surface area contributed by atoms with Crippen molar-refractivity contribution in [3.63, 3.8) is 0 Å². The monoisotopic (exact) mass is 214 g/mol. The van der Waals surface area contributed by atoms with Crippen LogP contribution in [0.1, 0.15) is 11.7 Å². The molecule has 0 radical (unpaired) electrons. The van der Waals surface area contributed by atoms with E-state index in [1.807, 2.05) is 0 Å². The number of halogens is 1. The highest BCUT2D eigenvalue weighted by Gasteiger charge is 2.26. The molecule has 15 heavy (non-hydrogen) atoms. The Hall–Kier alpha value is -1.46. The van der Waals surface area contributed by atoms with Crippen LogP contribution in [0.15, 0.2) is 24.3 Å². The van der Waals surface area contributed by atoms with Gasteiger partial charge in [0.1, 0.15) is 11.9 Å². The maximum atomic E-state index is 12.8. The minimum absolute atomic E-state index is 0.118. The zero-order valence-corrected chi connectivity index (χ0v) is 8.05. The molecule has 0 aromatic heterocycles. The molecule has 0 amide bonds. The number of rotatable bonds is 3. The number of carbonyl (C=O) groups excluding carboxylic acids is 1. The Morgan fingerprint density at radius 2 is 2.13 bits per heavy atom. The van der Waals surface area contributed by atoms with Gasteiger partial charge in [-0.15, -0.1) is 0 Å². The third-order valence-electron chi connectivity index (χ3n) is 1.93. The summed E-state index contributed by atoms with van der Waals surface area (Å²) in [6.07, 6.45) is -3.20. The maximum absolute atomic E-state index is 12.8. The Labute approximate surface area is 85.9 Å². The molecule has 0 aliphatic heterocycles. The van der Waals surface area contributed by atoms with E-state index in [2.05, 4.69) is 4.74 Å². The normalized spacial score (nSPS) is 14.4. The molecule has 0 bridgehead atoms. The quantitative estimate of drug-likeness (QED) is 0.714. The number of methoxy groups -OCH3 is 1. The third-order valence-corrected chi connectivity index (χ3v) is 1.93. The van der Waals surface area contributed by atoms with Gasteiger partial charge < -0.3 is 14.9 Å². The van der Waals surface area contributed by atoms with Crippen molar-refractivity contribution in [1.82, 2.24) is 0 Å². The first-order chi connectivity index (χ1) is 7.06. The van der Waals surface area contributed by atoms with Crippen molar-refractivity contribution in [2.45, 2.75) is 12.2 Å². The number of ether oxygens (including phenoxy) is 1. The molecule has 0 saturated heterocycles. The molecule has 1 rings (SSSR count). The molecular weight excluding hydrogens is 203 g/mol. The van der Waals surface area contributed by atoms with E-state index in [9.17, 15) is 19.4 Å². The fourth-order valence-electron chi connectivity index (χ4n) is 1.12. The van der Waals surface area contributed by atoms with Gasteiger partial charge in [-0.2, -0.15) is 0 Å². The molecule has 1 aromatic rings. The summed E-state index contributed by atoms with van der Waals surface area (Å²) in [4.78, 5) is 10.9. The van der Waals surface area contributed by atoms with Crippen LogP contribution in [0.4, 0.5) is 4.39 Å². The second-order valence-corrected chi connectivity index (χ2v) is 2.97. The van der Waals surface area contributed by atoms with Crippen molar-refractivity contribution >= 4 is 5.97 Å². The van der Waals surface area contributed by atoms with Gasteiger partial charge in [0.25, 0.3) is 0 Å². The lowest BCUT2D eigenvalue weighted by Gasteiger charge is -2.15. The van der Waals surface area contributed by atoms with Gasteiger partial charge in [-0.3, -0.25) is 0 Å². The van der Waals surface area contributed by atoms with Crippen LogP contribution in [0.5, 0.6) is 0 Å². The van der Waals surface area contributed by atoms with E-state index in [1.54, 1.807) is 0 Å². The lowest BCUT2D eigenvalue weighted by Crippen LogP contribution is -2.29. The summed E-state index contributed by atoms with van der Waals surface area (Å²) < 4.78 is 17.0. The summed E-state index contributed by atoms with van der Waals surface area (Å²) in [6, 6.07) is 5.01. The van der Waals surface area contributed by atoms with Crippen LogP contribution in [0.3, 0.4) is 0 Å². The van der Waals surface area contributed by atoms with Crippen molar-refractivity contribution < 1.29 is 24.1 Å². The average Bonchev–Trinajstić information content (AvgIpc) is 2.26. The lowest BCUT2D eigenvalue weighted by atomic mass is 10.0. The van der Waals surface area contributed by atoms with Gasteiger partial charge in [0.05, 0.1) is 7.11 Å². The molecule has 0 heterocycles. The standard InChI is InChI=1S/C10H11FO4/c1-15-10(14)9(13)8(12)6-3-2-4-7(11)5-6/h2-5,8-9,12-13H,1H3. The van der Waals surface area contributed by atoms with Gasteiger partial charge >= 0.3 is 5.97 Å². The van der Waals surface area contributed by atoms with Crippen LogP contribution in [-0.4, -0.2) is 29.4 Å². The Bertz CT molecular complexity index is 353. The number of carbonyl (C=O) groups is 1. The van der Waals surface area contributed by atoms with Crippen LogP contribution in [-0.2, 0) is 9.53 Å². The predicted molar refractivity (Wildman–Crippen MR) is 49.4 cm³/mol. The number of benzene rings is 1. The smallest absolute Gasteiger partial charge is 0.337 e. The van der Waals surface area contributed by atoms with E-state index in [4.69, 9.17) is 0 Å². The summed E-state index contributed by atoms with van der Waals surface area (Å²) in [5.41, 5.74) is 0.118. The minimum atomic E-state index is -1.71. The highest BCUT2D eigenvalue weighted by atomic mass is 19.1. The zero-order valence-electron chi connectivity index (χ0n) is 8.05. The summed E-state index contributed by atoms with van der Waals surface area (Å²) in [5, 5.41) is 18.8. The zero-order chi connectivity index (χ0) is 11.4. The highest BCUT2D eigenvalue weighted by molar-refractivity contribution is 5.75. The molecular formula is C10H11FO4. The van der Waals surface area contributed by atoms with Gasteiger partial charge in [-0.1, -0.05) is 12.1 Å². The van der Waals surface area contributed by atoms with E-state index in [1.165, 1.54) is 18.2 Å². The number of aliphatic hydroxyl groups is 2. The molecule has 2 N–H and O–H groups in total. The molecule has 0 fully saturated rings. The minimum Gasteiger partial charge on any atom is -0.467 e. The van der Waals surface area contributed by atoms with Gasteiger partial charge in [-0.05, 0) is 17.7 Å². The van der Waals surface area contributed by atoms with Crippen LogP contribution in [0.2, 0.25) is 0 Å². The van der Waals surface area contributed by atoms with E-state index < -0.39 is 24.0 Å². The molecule has 0 aliphatic carbocycles. The first-order valence-electron chi connectivity index (χ1n) is 4.25. The van der Waals surface area contributed by atoms with Crippen molar-refractivity contribution in [1.29, 1.82) is 0 Å². The fraction of sp³-hybridized carbons (Fsp3) is 0.300. The molecule has 0 spiro atoms. The van der Waals surface area contributed by atoms with E-state index in [0.717, 1.165) is 13.2 Å². The van der Waals surface area contributed by atoms with E-state index in [-0.39, 0.29) is 5.56 Å². The number of aliphatic hydroxyl groups excluding tert-OH is 2. The largest absolute Gasteiger partial charge is 0.467 e. The Kier molecular flexibility index (Phi) is 3.76. The molecule has 2 atom stereocenters. The molecule has 1 aromatic carbocycles. The lowest BCUT2D eigenvalue weighted by molar-refractivity contribution is -0.156. The molecule has 0 aliphatic rings. The number of hydrogen-bond acceptors (Lipinski definition) is 4. The van der Waals surface area contributed by atoms with Crippen LogP contribution < -0.4 is 0 Å². The van der Waals surface area contributed by atoms with Crippen LogP contribution in [0, 0.1) is 5.82 Å². The maximum Gasteiger partial charge on any atom is 0.337 e. The van der Waals surface area contributed by atoms with Gasteiger partial charge in [0.2, 0.25) is 0 Å². The highest BCUT2D eigenvalue weighted by Crippen LogP contribution is 2.18. The Morgan fingerprint density at radius 1 is 1.47 bits per heavy atom. The third kappa shape index (κ3) is 2.74. The molecule has 0 saturated carbocycles. The molecule has 82 valence electrons. The van der Waals surface area contributed by atoms with Crippen LogP contribution >= 0.6 is 0 Å². The summed E-state index contributed by atoms with van der Waals surface area (Å²) in [7, 11) is 1.09. The van der Waals surface area contributed by atoms with Gasteiger partial charge in [-0.25, -0.2) is 9.18 Å². The van der Waals surface area contributed by atoms with Gasteiger partial charge in [0, 0.05) is 0 Å². The Morgan fingerprint density at radius 3 is 2.67 bits per heavy atom. The fourth-order valence-corrected chi connectivity index (χ4v) is 1.12. The van der Waals surface area contributed by atoms with Crippen molar-refractivity contribution in [3.05, 3.63) is 35.6 Å². The number of hydrogen-bond donors (Lipinski definition) is 2. The summed E-state index contributed by atoms with van der Waals surface area (Å²) in [6.45, 7) is 0. The second kappa shape index (κ2) is 4.86. The molecule has 5 heteroatoms. The Balaban J connectivity index is 2.84. The van der Waals surface area contributed by atoms with Crippen molar-refractivity contribution in [3.8, 4) is 0 Å². The summed E-state index contributed by atoms with van der Waals surface area (Å²) in [5.74, 6) is -1.52. The van der Waals surface area contributed by atoms with E-state index in [0.29, 0.717) is 0 Å². The topological polar surface area (TPSA) is 66.8 Å². The summed E-state index contributed by atoms with van der Waals surface area (Å²) >= 11 is 0. The SMILES string of the molecule is COC(=O)C(O)C(O)c1cccc(F)c1. The molecule has 4 nitrogen and oxygen atoms in total. The molecule has 2 unspecified atom stereocenters. The predicted octanol–water partition coefficient (Wildman–Crippen LogP) is 0.393. The van der Waals surface area contributed by atoms with Crippen LogP contribution in [0.25, 0.3) is 0 Å². The first-order valence-corrected chi connectivity index (χ1v) is 4.25. The first kappa shape index (κ1) is 11.6. The number of esters is 1. The average molecular weight is 214 g/mol. The van der Waals surface area contributed by atoms with Crippen molar-refractivity contribution in [2.75, 3.05) is 7.11 Å².